The second-order valence-electron chi connectivity index (χ2n) is 7.11. The Balaban J connectivity index is 1.80. The summed E-state index contributed by atoms with van der Waals surface area (Å²) in [5.74, 6) is -1.08. The Kier molecular flexibility index (Phi) is 2.79. The van der Waals surface area contributed by atoms with Gasteiger partial charge in [0, 0.05) is 43.0 Å². The predicted octanol–water partition coefficient (Wildman–Crippen LogP) is 7.60. The first kappa shape index (κ1) is 12.7. The van der Waals surface area contributed by atoms with Gasteiger partial charge in [0.05, 0.1) is 5.69 Å². The number of aromatic nitrogens is 1. The second-order valence-corrected chi connectivity index (χ2v) is 8.40. The molecule has 0 radical (unpaired) electrons. The zero-order valence-electron chi connectivity index (χ0n) is 19.4. The Morgan fingerprint density at radius 3 is 2.74 bits per heavy atom. The molecule has 3 heteroatoms. The highest BCUT2D eigenvalue weighted by atomic mass is 32.1. The van der Waals surface area contributed by atoms with E-state index in [9.17, 15) is 0 Å². The zero-order chi connectivity index (χ0) is 22.1. The fourth-order valence-corrected chi connectivity index (χ4v) is 4.64. The lowest BCUT2D eigenvalue weighted by atomic mass is 9.97. The molecule has 0 aliphatic rings. The summed E-state index contributed by atoms with van der Waals surface area (Å²) in [5.41, 5.74) is 3.52. The SMILES string of the molecule is [2H]C([2H])([2H])c1cnc(-c2cccc3c2oc2c4cc(C)sc4ccc32)cc1C([2H])(C)C. The van der Waals surface area contributed by atoms with Crippen LogP contribution in [-0.4, -0.2) is 4.98 Å². The molecule has 0 spiro atoms. The van der Waals surface area contributed by atoms with Crippen LogP contribution in [0.25, 0.3) is 43.3 Å². The second kappa shape index (κ2) is 5.93. The van der Waals surface area contributed by atoms with E-state index in [2.05, 4.69) is 30.1 Å². The van der Waals surface area contributed by atoms with Gasteiger partial charge in [-0.25, -0.2) is 0 Å². The van der Waals surface area contributed by atoms with Gasteiger partial charge in [-0.2, -0.15) is 0 Å². The first-order valence-corrected chi connectivity index (χ1v) is 9.71. The van der Waals surface area contributed by atoms with E-state index in [-0.39, 0.29) is 5.56 Å². The van der Waals surface area contributed by atoms with Crippen molar-refractivity contribution in [2.75, 3.05) is 0 Å². The van der Waals surface area contributed by atoms with Gasteiger partial charge < -0.3 is 4.42 Å². The molecule has 0 unspecified atom stereocenters. The van der Waals surface area contributed by atoms with Crippen molar-refractivity contribution in [3.8, 4) is 11.3 Å². The van der Waals surface area contributed by atoms with E-state index in [4.69, 9.17) is 9.90 Å². The van der Waals surface area contributed by atoms with Crippen LogP contribution in [0.5, 0.6) is 0 Å². The first-order valence-electron chi connectivity index (χ1n) is 10.9. The molecule has 0 fully saturated rings. The number of fused-ring (bicyclic) bond motifs is 5. The van der Waals surface area contributed by atoms with Crippen LogP contribution in [0, 0.1) is 13.8 Å². The van der Waals surface area contributed by atoms with Crippen molar-refractivity contribution in [2.45, 2.75) is 33.5 Å². The number of benzene rings is 2. The molecule has 2 nitrogen and oxygen atoms in total. The van der Waals surface area contributed by atoms with Gasteiger partial charge in [-0.05, 0) is 61.1 Å². The Bertz CT molecular complexity index is 1470. The van der Waals surface area contributed by atoms with Gasteiger partial charge >= 0.3 is 0 Å². The highest BCUT2D eigenvalue weighted by Gasteiger charge is 2.16. The molecule has 0 N–H and O–H groups in total. The molecule has 0 saturated heterocycles. The minimum Gasteiger partial charge on any atom is -0.455 e. The van der Waals surface area contributed by atoms with Gasteiger partial charge in [0.1, 0.15) is 11.2 Å². The molecule has 0 aliphatic carbocycles. The first-order chi connectivity index (χ1) is 14.5. The molecule has 0 amide bonds. The van der Waals surface area contributed by atoms with Crippen LogP contribution in [0.1, 0.15) is 41.2 Å². The summed E-state index contributed by atoms with van der Waals surface area (Å²) < 4.78 is 39.6. The van der Waals surface area contributed by atoms with Crippen LogP contribution in [-0.2, 0) is 0 Å². The summed E-state index contributed by atoms with van der Waals surface area (Å²) in [6.45, 7) is 3.15. The van der Waals surface area contributed by atoms with Gasteiger partial charge in [-0.3, -0.25) is 4.98 Å². The van der Waals surface area contributed by atoms with E-state index >= 15 is 0 Å². The summed E-state index contributed by atoms with van der Waals surface area (Å²) in [6, 6.07) is 14.0. The highest BCUT2D eigenvalue weighted by molar-refractivity contribution is 7.19. The molecule has 0 aliphatic heterocycles. The molecule has 27 heavy (non-hydrogen) atoms. The molecule has 0 atom stereocenters. The average molecular weight is 376 g/mol. The van der Waals surface area contributed by atoms with Gasteiger partial charge in [0.2, 0.25) is 0 Å². The van der Waals surface area contributed by atoms with Crippen LogP contribution in [0.15, 0.2) is 53.1 Å². The van der Waals surface area contributed by atoms with Crippen LogP contribution < -0.4 is 0 Å². The van der Waals surface area contributed by atoms with Gasteiger partial charge in [-0.1, -0.05) is 26.0 Å². The largest absolute Gasteiger partial charge is 0.455 e. The van der Waals surface area contributed by atoms with E-state index in [0.717, 1.165) is 32.9 Å². The van der Waals surface area contributed by atoms with Crippen LogP contribution >= 0.6 is 11.3 Å². The van der Waals surface area contributed by atoms with Crippen molar-refractivity contribution >= 4 is 43.4 Å². The quantitative estimate of drug-likeness (QED) is 0.317. The normalized spacial score (nSPS) is 15.1. The maximum atomic E-state index is 8.50. The monoisotopic (exact) mass is 375 g/mol. The van der Waals surface area contributed by atoms with Gasteiger partial charge in [0.25, 0.3) is 0 Å². The minimum absolute atomic E-state index is 0.114. The summed E-state index contributed by atoms with van der Waals surface area (Å²) >= 11 is 1.74. The maximum absolute atomic E-state index is 8.50. The van der Waals surface area contributed by atoms with Crippen LogP contribution in [0.4, 0.5) is 0 Å². The number of para-hydroxylation sites is 1. The summed E-state index contributed by atoms with van der Waals surface area (Å²) in [5, 5.41) is 3.13. The smallest absolute Gasteiger partial charge is 0.144 e. The number of hydrogen-bond acceptors (Lipinski definition) is 3. The molecule has 3 aromatic heterocycles. The number of pyridine rings is 1. The van der Waals surface area contributed by atoms with Crippen molar-refractivity contribution in [3.05, 3.63) is 64.7 Å². The highest BCUT2D eigenvalue weighted by Crippen LogP contribution is 2.40. The van der Waals surface area contributed by atoms with Crippen LogP contribution in [0.3, 0.4) is 0 Å². The minimum atomic E-state index is -2.33. The molecule has 0 saturated carbocycles. The molecular formula is C24H21NOS. The standard InChI is InChI=1S/C24H21NOS/c1-13(2)19-11-21(25-12-14(19)3)18-7-5-6-16-17-8-9-22-20(10-15(4)27-22)24(17)26-23(16)18/h5-13H,1-4H3/i3D3,13D. The van der Waals surface area contributed by atoms with E-state index in [1.165, 1.54) is 15.8 Å². The Morgan fingerprint density at radius 1 is 1.07 bits per heavy atom. The maximum Gasteiger partial charge on any atom is 0.144 e. The summed E-state index contributed by atoms with van der Waals surface area (Å²) in [4.78, 5) is 5.70. The summed E-state index contributed by atoms with van der Waals surface area (Å²) in [6.07, 6.45) is 1.38. The predicted molar refractivity (Wildman–Crippen MR) is 116 cm³/mol. The molecule has 5 aromatic rings. The van der Waals surface area contributed by atoms with Crippen molar-refractivity contribution in [1.82, 2.24) is 4.98 Å². The third-order valence-electron chi connectivity index (χ3n) is 5.00. The molecule has 2 aromatic carbocycles. The third kappa shape index (κ3) is 2.49. The molecule has 0 bridgehead atoms. The fraction of sp³-hybridized carbons (Fsp3) is 0.208. The number of hydrogen-bond donors (Lipinski definition) is 0. The molecule has 3 heterocycles. The topological polar surface area (TPSA) is 26.0 Å². The lowest BCUT2D eigenvalue weighted by Gasteiger charge is -2.11. The Morgan fingerprint density at radius 2 is 1.93 bits per heavy atom. The number of furan rings is 1. The third-order valence-corrected chi connectivity index (χ3v) is 6.02. The van der Waals surface area contributed by atoms with Crippen LogP contribution in [0.2, 0.25) is 0 Å². The van der Waals surface area contributed by atoms with Crippen molar-refractivity contribution in [3.63, 3.8) is 0 Å². The van der Waals surface area contributed by atoms with E-state index < -0.39 is 12.7 Å². The van der Waals surface area contributed by atoms with Gasteiger partial charge in [0.15, 0.2) is 0 Å². The molecule has 5 rings (SSSR count). The van der Waals surface area contributed by atoms with E-state index in [0.29, 0.717) is 11.3 Å². The fourth-order valence-electron chi connectivity index (χ4n) is 3.71. The molecule has 134 valence electrons. The number of rotatable bonds is 2. The number of nitrogens with zero attached hydrogens (tertiary/aromatic N) is 1. The van der Waals surface area contributed by atoms with Gasteiger partial charge in [-0.15, -0.1) is 11.3 Å². The number of thiophene rings is 1. The zero-order valence-corrected chi connectivity index (χ0v) is 16.2. The molecular weight excluding hydrogens is 350 g/mol. The Labute approximate surface area is 168 Å². The van der Waals surface area contributed by atoms with E-state index in [1.54, 1.807) is 31.3 Å². The van der Waals surface area contributed by atoms with Crippen molar-refractivity contribution < 1.29 is 9.90 Å². The lowest BCUT2D eigenvalue weighted by Crippen LogP contribution is -1.95. The number of aryl methyl sites for hydroxylation is 2. The lowest BCUT2D eigenvalue weighted by molar-refractivity contribution is 0.673. The van der Waals surface area contributed by atoms with Crippen molar-refractivity contribution in [1.29, 1.82) is 0 Å². The van der Waals surface area contributed by atoms with E-state index in [1.807, 2.05) is 18.2 Å². The Hall–Kier alpha value is -2.65. The average Bonchev–Trinajstić information content (AvgIpc) is 3.25. The summed E-state index contributed by atoms with van der Waals surface area (Å²) in [7, 11) is 0. The van der Waals surface area contributed by atoms with Crippen molar-refractivity contribution in [2.24, 2.45) is 0 Å².